The lowest BCUT2D eigenvalue weighted by Gasteiger charge is -2.09. The number of halogens is 3. The van der Waals surface area contributed by atoms with E-state index in [1.807, 2.05) is 0 Å². The third kappa shape index (κ3) is 4.51. The van der Waals surface area contributed by atoms with Gasteiger partial charge in [0, 0.05) is 29.4 Å². The standard InChI is InChI=1S/C17H17ClF2N2O3/c1-9(2)16(23)22-10(3)4-5-11(8-21)12-6-14-15(7-13(12)18)25-17(19,20)24-14/h4-9H,3,21H2,1-2H3,(H,22,23)/b5-4-,11-8+. The number of ether oxygens (including phenoxy) is 2. The fourth-order valence-corrected chi connectivity index (χ4v) is 2.23. The Kier molecular flexibility index (Phi) is 5.37. The topological polar surface area (TPSA) is 73.6 Å². The molecule has 0 bridgehead atoms. The Balaban J connectivity index is 2.21. The van der Waals surface area contributed by atoms with E-state index in [0.717, 1.165) is 0 Å². The molecule has 0 fully saturated rings. The highest BCUT2D eigenvalue weighted by molar-refractivity contribution is 6.32. The number of fused-ring (bicyclic) bond motifs is 1. The van der Waals surface area contributed by atoms with Crippen molar-refractivity contribution in [3.8, 4) is 11.5 Å². The summed E-state index contributed by atoms with van der Waals surface area (Å²) in [6.07, 6.45) is 0.580. The summed E-state index contributed by atoms with van der Waals surface area (Å²) < 4.78 is 35.0. The zero-order valence-electron chi connectivity index (χ0n) is 13.6. The fourth-order valence-electron chi connectivity index (χ4n) is 1.96. The lowest BCUT2D eigenvalue weighted by atomic mass is 10.1. The van der Waals surface area contributed by atoms with Crippen LogP contribution in [0.1, 0.15) is 19.4 Å². The second-order valence-electron chi connectivity index (χ2n) is 5.57. The van der Waals surface area contributed by atoms with Gasteiger partial charge in [0.15, 0.2) is 11.5 Å². The minimum absolute atomic E-state index is 0.149. The summed E-state index contributed by atoms with van der Waals surface area (Å²) in [4.78, 5) is 11.6. The summed E-state index contributed by atoms with van der Waals surface area (Å²) in [5.41, 5.74) is 6.73. The van der Waals surface area contributed by atoms with Crippen molar-refractivity contribution in [2.24, 2.45) is 11.7 Å². The maximum Gasteiger partial charge on any atom is 0.586 e. The minimum atomic E-state index is -3.73. The maximum atomic E-state index is 13.1. The molecule has 5 nitrogen and oxygen atoms in total. The first-order valence-corrected chi connectivity index (χ1v) is 7.70. The lowest BCUT2D eigenvalue weighted by molar-refractivity contribution is -0.286. The van der Waals surface area contributed by atoms with Gasteiger partial charge in [0.2, 0.25) is 5.91 Å². The molecule has 0 atom stereocenters. The van der Waals surface area contributed by atoms with Gasteiger partial charge in [-0.25, -0.2) is 0 Å². The van der Waals surface area contributed by atoms with Gasteiger partial charge >= 0.3 is 6.29 Å². The van der Waals surface area contributed by atoms with Crippen LogP contribution in [0.25, 0.3) is 5.57 Å². The quantitative estimate of drug-likeness (QED) is 0.773. The third-order valence-corrected chi connectivity index (χ3v) is 3.57. The predicted octanol–water partition coefficient (Wildman–Crippen LogP) is 3.80. The number of carbonyl (C=O) groups is 1. The van der Waals surface area contributed by atoms with Crippen LogP contribution in [0.2, 0.25) is 5.02 Å². The van der Waals surface area contributed by atoms with Crippen molar-refractivity contribution >= 4 is 23.1 Å². The van der Waals surface area contributed by atoms with Crippen LogP contribution in [-0.4, -0.2) is 12.2 Å². The zero-order chi connectivity index (χ0) is 18.8. The maximum absolute atomic E-state index is 13.1. The number of rotatable bonds is 5. The number of nitrogens with one attached hydrogen (secondary N) is 1. The number of alkyl halides is 2. The van der Waals surface area contributed by atoms with E-state index in [1.54, 1.807) is 19.9 Å². The van der Waals surface area contributed by atoms with Gasteiger partial charge in [-0.1, -0.05) is 38.1 Å². The summed E-state index contributed by atoms with van der Waals surface area (Å²) in [7, 11) is 0. The average Bonchev–Trinajstić information content (AvgIpc) is 2.80. The Bertz CT molecular complexity index is 773. The third-order valence-electron chi connectivity index (χ3n) is 3.25. The lowest BCUT2D eigenvalue weighted by Crippen LogP contribution is -2.25. The molecule has 25 heavy (non-hydrogen) atoms. The molecule has 2 rings (SSSR count). The van der Waals surface area contributed by atoms with E-state index in [9.17, 15) is 13.6 Å². The molecule has 1 aliphatic heterocycles. The van der Waals surface area contributed by atoms with Crippen LogP contribution in [0.4, 0.5) is 8.78 Å². The Morgan fingerprint density at radius 3 is 2.48 bits per heavy atom. The molecule has 8 heteroatoms. The predicted molar refractivity (Wildman–Crippen MR) is 91.1 cm³/mol. The first-order valence-electron chi connectivity index (χ1n) is 7.32. The number of benzene rings is 1. The van der Waals surface area contributed by atoms with Gasteiger partial charge in [-0.3, -0.25) is 4.79 Å². The molecular formula is C17H17ClF2N2O3. The zero-order valence-corrected chi connectivity index (χ0v) is 14.4. The number of carbonyl (C=O) groups excluding carboxylic acids is 1. The fraction of sp³-hybridized carbons (Fsp3) is 0.235. The van der Waals surface area contributed by atoms with Crippen LogP contribution in [0.3, 0.4) is 0 Å². The van der Waals surface area contributed by atoms with Crippen LogP contribution >= 0.6 is 11.6 Å². The molecule has 0 aliphatic carbocycles. The summed E-state index contributed by atoms with van der Waals surface area (Å²) in [5.74, 6) is -0.687. The number of hydrogen-bond donors (Lipinski definition) is 2. The molecule has 0 radical (unpaired) electrons. The van der Waals surface area contributed by atoms with Crippen LogP contribution in [0.15, 0.2) is 42.8 Å². The molecule has 0 aromatic heterocycles. The summed E-state index contributed by atoms with van der Waals surface area (Å²) in [6.45, 7) is 7.21. The number of hydrogen-bond acceptors (Lipinski definition) is 4. The largest absolute Gasteiger partial charge is 0.586 e. The second-order valence-corrected chi connectivity index (χ2v) is 5.98. The molecule has 1 aromatic rings. The van der Waals surface area contributed by atoms with Gasteiger partial charge in [0.1, 0.15) is 0 Å². The Morgan fingerprint density at radius 2 is 1.92 bits per heavy atom. The molecular weight excluding hydrogens is 354 g/mol. The highest BCUT2D eigenvalue weighted by Gasteiger charge is 2.43. The highest BCUT2D eigenvalue weighted by Crippen LogP contribution is 2.45. The first-order chi connectivity index (χ1) is 11.6. The molecule has 134 valence electrons. The molecule has 1 heterocycles. The number of nitrogens with two attached hydrogens (primary N) is 1. The van der Waals surface area contributed by atoms with Crippen molar-refractivity contribution in [1.82, 2.24) is 5.32 Å². The van der Waals surface area contributed by atoms with E-state index in [1.165, 1.54) is 24.4 Å². The van der Waals surface area contributed by atoms with Gasteiger partial charge in [0.25, 0.3) is 0 Å². The van der Waals surface area contributed by atoms with Crippen molar-refractivity contribution in [1.29, 1.82) is 0 Å². The second kappa shape index (κ2) is 7.14. The van der Waals surface area contributed by atoms with Gasteiger partial charge < -0.3 is 20.5 Å². The van der Waals surface area contributed by atoms with E-state index < -0.39 is 6.29 Å². The monoisotopic (exact) mass is 370 g/mol. The van der Waals surface area contributed by atoms with E-state index >= 15 is 0 Å². The van der Waals surface area contributed by atoms with E-state index in [4.69, 9.17) is 17.3 Å². The van der Waals surface area contributed by atoms with E-state index in [2.05, 4.69) is 21.4 Å². The van der Waals surface area contributed by atoms with Crippen LogP contribution < -0.4 is 20.5 Å². The van der Waals surface area contributed by atoms with E-state index in [-0.39, 0.29) is 28.3 Å². The Hall–Kier alpha value is -2.54. The smallest absolute Gasteiger partial charge is 0.404 e. The summed E-state index contributed by atoms with van der Waals surface area (Å²) >= 11 is 6.11. The molecule has 3 N–H and O–H groups in total. The van der Waals surface area contributed by atoms with Gasteiger partial charge in [0.05, 0.1) is 5.02 Å². The van der Waals surface area contributed by atoms with Crippen molar-refractivity contribution in [3.63, 3.8) is 0 Å². The molecule has 0 saturated carbocycles. The molecule has 1 amide bonds. The van der Waals surface area contributed by atoms with Crippen LogP contribution in [-0.2, 0) is 4.79 Å². The van der Waals surface area contributed by atoms with Crippen molar-refractivity contribution in [2.45, 2.75) is 20.1 Å². The number of allylic oxidation sites excluding steroid dienone is 3. The van der Waals surface area contributed by atoms with Crippen LogP contribution in [0, 0.1) is 5.92 Å². The highest BCUT2D eigenvalue weighted by atomic mass is 35.5. The minimum Gasteiger partial charge on any atom is -0.404 e. The molecule has 1 aliphatic rings. The molecule has 0 saturated heterocycles. The van der Waals surface area contributed by atoms with E-state index in [0.29, 0.717) is 16.8 Å². The Labute approximate surface area is 148 Å². The number of amides is 1. The van der Waals surface area contributed by atoms with Crippen molar-refractivity contribution < 1.29 is 23.0 Å². The molecule has 0 spiro atoms. The normalized spacial score (nSPS) is 15.7. The van der Waals surface area contributed by atoms with Crippen molar-refractivity contribution in [3.05, 3.63) is 53.3 Å². The van der Waals surface area contributed by atoms with Gasteiger partial charge in [-0.15, -0.1) is 8.78 Å². The summed E-state index contributed by atoms with van der Waals surface area (Å²) in [6, 6.07) is 2.52. The summed E-state index contributed by atoms with van der Waals surface area (Å²) in [5, 5.41) is 2.76. The van der Waals surface area contributed by atoms with Crippen LogP contribution in [0.5, 0.6) is 11.5 Å². The van der Waals surface area contributed by atoms with Crippen molar-refractivity contribution in [2.75, 3.05) is 0 Å². The molecule has 0 unspecified atom stereocenters. The Morgan fingerprint density at radius 1 is 1.32 bits per heavy atom. The SMILES string of the molecule is C=C(/C=C\C(=C/N)c1cc2c(cc1Cl)OC(F)(F)O2)NC(=O)C(C)C. The first kappa shape index (κ1) is 18.8. The molecule has 1 aromatic carbocycles. The van der Waals surface area contributed by atoms with Gasteiger partial charge in [-0.05, 0) is 17.7 Å². The van der Waals surface area contributed by atoms with Gasteiger partial charge in [-0.2, -0.15) is 0 Å². The average molecular weight is 371 g/mol.